The van der Waals surface area contributed by atoms with Gasteiger partial charge in [0.2, 0.25) is 10.0 Å². The summed E-state index contributed by atoms with van der Waals surface area (Å²) in [5.41, 5.74) is 5.47. The van der Waals surface area contributed by atoms with E-state index in [1.807, 2.05) is 0 Å². The van der Waals surface area contributed by atoms with Gasteiger partial charge in [-0.05, 0) is 30.9 Å². The standard InChI is InChI=1S/C12H17FN2O2S/c13-10-6-3-7-11(14)12(10)18(16,17)15-8-9-4-1-2-5-9/h3,6-7,9,15H,1-2,4-5,8,14H2. The van der Waals surface area contributed by atoms with Gasteiger partial charge in [-0.1, -0.05) is 18.9 Å². The molecule has 18 heavy (non-hydrogen) atoms. The average molecular weight is 272 g/mol. The van der Waals surface area contributed by atoms with Crippen molar-refractivity contribution in [1.82, 2.24) is 4.72 Å². The second-order valence-corrected chi connectivity index (χ2v) is 6.36. The Labute approximate surface area is 106 Å². The molecule has 1 aliphatic carbocycles. The van der Waals surface area contributed by atoms with E-state index in [0.29, 0.717) is 12.5 Å². The summed E-state index contributed by atoms with van der Waals surface area (Å²) in [6.07, 6.45) is 4.31. The van der Waals surface area contributed by atoms with Crippen LogP contribution in [0.2, 0.25) is 0 Å². The smallest absolute Gasteiger partial charge is 0.245 e. The predicted molar refractivity (Wildman–Crippen MR) is 68.0 cm³/mol. The van der Waals surface area contributed by atoms with E-state index >= 15 is 0 Å². The third kappa shape index (κ3) is 2.81. The van der Waals surface area contributed by atoms with E-state index in [2.05, 4.69) is 4.72 Å². The molecule has 0 aromatic heterocycles. The quantitative estimate of drug-likeness (QED) is 0.822. The van der Waals surface area contributed by atoms with Crippen molar-refractivity contribution in [3.8, 4) is 0 Å². The second-order valence-electron chi connectivity index (χ2n) is 4.66. The molecule has 0 radical (unpaired) electrons. The van der Waals surface area contributed by atoms with Crippen LogP contribution < -0.4 is 10.5 Å². The highest BCUT2D eigenvalue weighted by Gasteiger charge is 2.24. The largest absolute Gasteiger partial charge is 0.398 e. The second kappa shape index (κ2) is 5.24. The lowest BCUT2D eigenvalue weighted by Crippen LogP contribution is -2.29. The lowest BCUT2D eigenvalue weighted by molar-refractivity contribution is 0.514. The van der Waals surface area contributed by atoms with Crippen molar-refractivity contribution in [3.63, 3.8) is 0 Å². The predicted octanol–water partition coefficient (Wildman–Crippen LogP) is 1.88. The summed E-state index contributed by atoms with van der Waals surface area (Å²) in [6, 6.07) is 3.87. The van der Waals surface area contributed by atoms with Gasteiger partial charge in [-0.25, -0.2) is 17.5 Å². The zero-order chi connectivity index (χ0) is 13.2. The molecule has 0 amide bonds. The molecular weight excluding hydrogens is 255 g/mol. The molecule has 0 saturated heterocycles. The van der Waals surface area contributed by atoms with Crippen molar-refractivity contribution in [1.29, 1.82) is 0 Å². The Bertz CT molecular complexity index is 505. The fraction of sp³-hybridized carbons (Fsp3) is 0.500. The number of halogens is 1. The number of nitrogens with two attached hydrogens (primary N) is 1. The number of hydrogen-bond acceptors (Lipinski definition) is 3. The summed E-state index contributed by atoms with van der Waals surface area (Å²) in [7, 11) is -3.86. The van der Waals surface area contributed by atoms with Gasteiger partial charge in [0.15, 0.2) is 0 Å². The van der Waals surface area contributed by atoms with Crippen LogP contribution in [0.15, 0.2) is 23.1 Å². The molecule has 0 aliphatic heterocycles. The fourth-order valence-electron chi connectivity index (χ4n) is 2.32. The SMILES string of the molecule is Nc1cccc(F)c1S(=O)(=O)NCC1CCCC1. The monoisotopic (exact) mass is 272 g/mol. The summed E-state index contributed by atoms with van der Waals surface area (Å²) in [5.74, 6) is -0.457. The van der Waals surface area contributed by atoms with Gasteiger partial charge in [-0.3, -0.25) is 0 Å². The van der Waals surface area contributed by atoms with Gasteiger partial charge < -0.3 is 5.73 Å². The fourth-order valence-corrected chi connectivity index (χ4v) is 3.63. The molecule has 1 aliphatic rings. The minimum Gasteiger partial charge on any atom is -0.398 e. The zero-order valence-corrected chi connectivity index (χ0v) is 10.8. The van der Waals surface area contributed by atoms with Crippen molar-refractivity contribution in [3.05, 3.63) is 24.0 Å². The van der Waals surface area contributed by atoms with E-state index in [0.717, 1.165) is 31.7 Å². The van der Waals surface area contributed by atoms with Gasteiger partial charge in [0.25, 0.3) is 0 Å². The van der Waals surface area contributed by atoms with Crippen LogP contribution in [-0.4, -0.2) is 15.0 Å². The highest BCUT2D eigenvalue weighted by molar-refractivity contribution is 7.89. The Balaban J connectivity index is 2.15. The van der Waals surface area contributed by atoms with Crippen LogP contribution in [-0.2, 0) is 10.0 Å². The molecule has 2 rings (SSSR count). The van der Waals surface area contributed by atoms with E-state index in [9.17, 15) is 12.8 Å². The van der Waals surface area contributed by atoms with Crippen molar-refractivity contribution >= 4 is 15.7 Å². The van der Waals surface area contributed by atoms with Crippen molar-refractivity contribution in [2.24, 2.45) is 5.92 Å². The normalized spacial score (nSPS) is 17.2. The van der Waals surface area contributed by atoms with E-state index in [1.54, 1.807) is 0 Å². The van der Waals surface area contributed by atoms with Crippen LogP contribution in [0.3, 0.4) is 0 Å². The molecule has 0 heterocycles. The summed E-state index contributed by atoms with van der Waals surface area (Å²) >= 11 is 0. The lowest BCUT2D eigenvalue weighted by atomic mass is 10.1. The van der Waals surface area contributed by atoms with E-state index in [-0.39, 0.29) is 5.69 Å². The van der Waals surface area contributed by atoms with Crippen LogP contribution in [0.25, 0.3) is 0 Å². The Kier molecular flexibility index (Phi) is 3.87. The molecule has 0 spiro atoms. The molecule has 3 N–H and O–H groups in total. The maximum Gasteiger partial charge on any atom is 0.245 e. The third-order valence-electron chi connectivity index (χ3n) is 3.30. The van der Waals surface area contributed by atoms with E-state index < -0.39 is 20.7 Å². The summed E-state index contributed by atoms with van der Waals surface area (Å²) in [4.78, 5) is -0.442. The molecule has 0 atom stereocenters. The molecule has 4 nitrogen and oxygen atoms in total. The Morgan fingerprint density at radius 3 is 2.61 bits per heavy atom. The molecule has 1 aromatic carbocycles. The summed E-state index contributed by atoms with van der Waals surface area (Å²) in [6.45, 7) is 0.357. The first-order valence-electron chi connectivity index (χ1n) is 6.04. The number of anilines is 1. The van der Waals surface area contributed by atoms with Crippen LogP contribution in [0.1, 0.15) is 25.7 Å². The molecule has 6 heteroatoms. The first-order chi connectivity index (χ1) is 8.50. The highest BCUT2D eigenvalue weighted by atomic mass is 32.2. The van der Waals surface area contributed by atoms with Gasteiger partial charge >= 0.3 is 0 Å². The number of sulfonamides is 1. The zero-order valence-electron chi connectivity index (χ0n) is 10.0. The Morgan fingerprint density at radius 1 is 1.33 bits per heavy atom. The molecule has 1 fully saturated rings. The third-order valence-corrected chi connectivity index (χ3v) is 4.82. The number of rotatable bonds is 4. The Morgan fingerprint density at radius 2 is 2.00 bits per heavy atom. The first-order valence-corrected chi connectivity index (χ1v) is 7.52. The van der Waals surface area contributed by atoms with Crippen molar-refractivity contribution in [2.75, 3.05) is 12.3 Å². The van der Waals surface area contributed by atoms with Gasteiger partial charge in [-0.15, -0.1) is 0 Å². The van der Waals surface area contributed by atoms with E-state index in [4.69, 9.17) is 5.73 Å². The van der Waals surface area contributed by atoms with Crippen LogP contribution in [0.4, 0.5) is 10.1 Å². The van der Waals surface area contributed by atoms with Gasteiger partial charge in [0.05, 0.1) is 5.69 Å². The molecule has 100 valence electrons. The number of benzene rings is 1. The molecule has 1 aromatic rings. The molecule has 1 saturated carbocycles. The van der Waals surface area contributed by atoms with Crippen molar-refractivity contribution in [2.45, 2.75) is 30.6 Å². The van der Waals surface area contributed by atoms with Crippen LogP contribution in [0.5, 0.6) is 0 Å². The van der Waals surface area contributed by atoms with Gasteiger partial charge in [0.1, 0.15) is 10.7 Å². The van der Waals surface area contributed by atoms with E-state index in [1.165, 1.54) is 12.1 Å². The minimum atomic E-state index is -3.86. The van der Waals surface area contributed by atoms with Crippen molar-refractivity contribution < 1.29 is 12.8 Å². The number of nitrogen functional groups attached to an aromatic ring is 1. The van der Waals surface area contributed by atoms with Crippen LogP contribution in [0, 0.1) is 11.7 Å². The topological polar surface area (TPSA) is 72.2 Å². The van der Waals surface area contributed by atoms with Gasteiger partial charge in [0, 0.05) is 6.54 Å². The van der Waals surface area contributed by atoms with Crippen LogP contribution >= 0.6 is 0 Å². The number of hydrogen-bond donors (Lipinski definition) is 2. The molecular formula is C12H17FN2O2S. The number of nitrogens with one attached hydrogen (secondary N) is 1. The minimum absolute atomic E-state index is 0.0612. The molecule has 0 unspecified atom stereocenters. The Hall–Kier alpha value is -1.14. The maximum atomic E-state index is 13.5. The average Bonchev–Trinajstić information content (AvgIpc) is 2.78. The summed E-state index contributed by atoms with van der Waals surface area (Å²) < 4.78 is 40.0. The maximum absolute atomic E-state index is 13.5. The lowest BCUT2D eigenvalue weighted by Gasteiger charge is -2.13. The van der Waals surface area contributed by atoms with Gasteiger partial charge in [-0.2, -0.15) is 0 Å². The highest BCUT2D eigenvalue weighted by Crippen LogP contribution is 2.25. The first kappa shape index (κ1) is 13.3. The molecule has 0 bridgehead atoms. The summed E-state index contributed by atoms with van der Waals surface area (Å²) in [5, 5.41) is 0.